The van der Waals surface area contributed by atoms with Crippen LogP contribution in [0.15, 0.2) is 12.1 Å². The smallest absolute Gasteiger partial charge is 0.0445 e. The van der Waals surface area contributed by atoms with Crippen molar-refractivity contribution in [3.63, 3.8) is 0 Å². The summed E-state index contributed by atoms with van der Waals surface area (Å²) in [5, 5.41) is 12.4. The highest BCUT2D eigenvalue weighted by molar-refractivity contribution is 7.12. The summed E-state index contributed by atoms with van der Waals surface area (Å²) >= 11 is 1.89. The van der Waals surface area contributed by atoms with Crippen molar-refractivity contribution >= 4 is 11.3 Å². The van der Waals surface area contributed by atoms with Crippen molar-refractivity contribution in [2.24, 2.45) is 0 Å². The molecule has 17 heavy (non-hydrogen) atoms. The largest absolute Gasteiger partial charge is 0.396 e. The van der Waals surface area contributed by atoms with Crippen molar-refractivity contribution < 1.29 is 5.11 Å². The second-order valence-electron chi connectivity index (χ2n) is 5.51. The van der Waals surface area contributed by atoms with Crippen LogP contribution >= 0.6 is 11.3 Å². The van der Waals surface area contributed by atoms with Gasteiger partial charge < -0.3 is 10.4 Å². The van der Waals surface area contributed by atoms with E-state index in [1.165, 1.54) is 9.75 Å². The zero-order chi connectivity index (χ0) is 12.9. The molecule has 1 atom stereocenters. The minimum atomic E-state index is 0.248. The van der Waals surface area contributed by atoms with Crippen LogP contribution in [0.3, 0.4) is 0 Å². The van der Waals surface area contributed by atoms with E-state index in [0.717, 1.165) is 19.4 Å². The zero-order valence-corrected chi connectivity index (χ0v) is 12.2. The lowest BCUT2D eigenvalue weighted by Crippen LogP contribution is -2.28. The summed E-state index contributed by atoms with van der Waals surface area (Å²) in [5.74, 6) is 0. The number of rotatable bonds is 6. The molecule has 0 fully saturated rings. The third-order valence-electron chi connectivity index (χ3n) is 2.94. The van der Waals surface area contributed by atoms with Gasteiger partial charge in [0.15, 0.2) is 0 Å². The van der Waals surface area contributed by atoms with E-state index in [1.54, 1.807) is 0 Å². The fourth-order valence-electron chi connectivity index (χ4n) is 1.73. The number of hydrogen-bond donors (Lipinski definition) is 2. The van der Waals surface area contributed by atoms with Gasteiger partial charge in [-0.2, -0.15) is 0 Å². The minimum absolute atomic E-state index is 0.248. The van der Waals surface area contributed by atoms with Crippen molar-refractivity contribution in [1.82, 2.24) is 5.32 Å². The molecule has 1 heterocycles. The average Bonchev–Trinajstić information content (AvgIpc) is 2.72. The Morgan fingerprint density at radius 3 is 2.53 bits per heavy atom. The molecule has 1 aromatic heterocycles. The lowest BCUT2D eigenvalue weighted by Gasteiger charge is -2.16. The molecule has 2 N–H and O–H groups in total. The molecule has 0 aliphatic heterocycles. The number of hydrogen-bond acceptors (Lipinski definition) is 3. The first kappa shape index (κ1) is 14.7. The second-order valence-corrected chi connectivity index (χ2v) is 6.68. The number of thiophene rings is 1. The molecule has 2 nitrogen and oxygen atoms in total. The van der Waals surface area contributed by atoms with Crippen LogP contribution in [0.4, 0.5) is 0 Å². The van der Waals surface area contributed by atoms with Crippen molar-refractivity contribution in [3.05, 3.63) is 21.9 Å². The summed E-state index contributed by atoms with van der Waals surface area (Å²) < 4.78 is 0. The highest BCUT2D eigenvalue weighted by atomic mass is 32.1. The Bertz CT molecular complexity index is 327. The van der Waals surface area contributed by atoms with E-state index in [9.17, 15) is 0 Å². The van der Waals surface area contributed by atoms with Crippen molar-refractivity contribution in [1.29, 1.82) is 0 Å². The Morgan fingerprint density at radius 1 is 1.35 bits per heavy atom. The standard InChI is InChI=1S/C14H25NOS/c1-5-11(8-9-16)15-10-12-6-7-13(17-12)14(2,3)4/h6-7,11,15-16H,5,8-10H2,1-4H3. The summed E-state index contributed by atoms with van der Waals surface area (Å²) in [6, 6.07) is 4.87. The van der Waals surface area contributed by atoms with E-state index in [4.69, 9.17) is 5.11 Å². The molecule has 1 aromatic rings. The maximum Gasteiger partial charge on any atom is 0.0445 e. The van der Waals surface area contributed by atoms with Crippen LogP contribution in [-0.4, -0.2) is 17.8 Å². The van der Waals surface area contributed by atoms with Crippen LogP contribution in [0.1, 0.15) is 50.3 Å². The minimum Gasteiger partial charge on any atom is -0.396 e. The third kappa shape index (κ3) is 4.78. The lowest BCUT2D eigenvalue weighted by molar-refractivity contribution is 0.262. The van der Waals surface area contributed by atoms with Crippen LogP contribution in [0, 0.1) is 0 Å². The Hall–Kier alpha value is -0.380. The van der Waals surface area contributed by atoms with Gasteiger partial charge in [-0.25, -0.2) is 0 Å². The molecule has 0 amide bonds. The SMILES string of the molecule is CCC(CCO)NCc1ccc(C(C)(C)C)s1. The first-order valence-corrected chi connectivity index (χ1v) is 7.22. The molecule has 0 aliphatic rings. The number of nitrogens with one attached hydrogen (secondary N) is 1. The van der Waals surface area contributed by atoms with Gasteiger partial charge in [0.1, 0.15) is 0 Å². The molecule has 1 rings (SSSR count). The highest BCUT2D eigenvalue weighted by Crippen LogP contribution is 2.29. The fraction of sp³-hybridized carbons (Fsp3) is 0.714. The molecule has 1 unspecified atom stereocenters. The fourth-order valence-corrected chi connectivity index (χ4v) is 2.74. The van der Waals surface area contributed by atoms with E-state index in [2.05, 4.69) is 45.1 Å². The van der Waals surface area contributed by atoms with Crippen molar-refractivity contribution in [2.75, 3.05) is 6.61 Å². The highest BCUT2D eigenvalue weighted by Gasteiger charge is 2.16. The molecule has 0 spiro atoms. The normalized spacial score (nSPS) is 13.9. The maximum absolute atomic E-state index is 8.94. The summed E-state index contributed by atoms with van der Waals surface area (Å²) in [5.41, 5.74) is 0.248. The summed E-state index contributed by atoms with van der Waals surface area (Å²) in [6.45, 7) is 10.1. The number of aliphatic hydroxyl groups is 1. The van der Waals surface area contributed by atoms with Gasteiger partial charge in [0.2, 0.25) is 0 Å². The molecular weight excluding hydrogens is 230 g/mol. The first-order chi connectivity index (χ1) is 7.97. The van der Waals surface area contributed by atoms with Crippen LogP contribution in [0.5, 0.6) is 0 Å². The molecule has 98 valence electrons. The lowest BCUT2D eigenvalue weighted by atomic mass is 9.95. The summed E-state index contributed by atoms with van der Waals surface area (Å²) in [4.78, 5) is 2.82. The van der Waals surface area contributed by atoms with Gasteiger partial charge >= 0.3 is 0 Å². The zero-order valence-electron chi connectivity index (χ0n) is 11.4. The van der Waals surface area contributed by atoms with Crippen LogP contribution in [-0.2, 0) is 12.0 Å². The second kappa shape index (κ2) is 6.53. The molecule has 0 aliphatic carbocycles. The van der Waals surface area contributed by atoms with E-state index in [0.29, 0.717) is 6.04 Å². The summed E-state index contributed by atoms with van der Waals surface area (Å²) in [6.07, 6.45) is 1.91. The molecule has 0 bridgehead atoms. The van der Waals surface area contributed by atoms with Gasteiger partial charge in [-0.05, 0) is 30.4 Å². The van der Waals surface area contributed by atoms with Gasteiger partial charge in [-0.1, -0.05) is 27.7 Å². The van der Waals surface area contributed by atoms with E-state index in [-0.39, 0.29) is 12.0 Å². The van der Waals surface area contributed by atoms with Gasteiger partial charge in [0.05, 0.1) is 0 Å². The van der Waals surface area contributed by atoms with Crippen molar-refractivity contribution in [3.8, 4) is 0 Å². The molecule has 3 heteroatoms. The average molecular weight is 255 g/mol. The Balaban J connectivity index is 2.49. The quantitative estimate of drug-likeness (QED) is 0.817. The number of aliphatic hydroxyl groups excluding tert-OH is 1. The molecular formula is C14H25NOS. The van der Waals surface area contributed by atoms with E-state index < -0.39 is 0 Å². The van der Waals surface area contributed by atoms with Crippen LogP contribution in [0.25, 0.3) is 0 Å². The third-order valence-corrected chi connectivity index (χ3v) is 4.45. The van der Waals surface area contributed by atoms with Crippen LogP contribution < -0.4 is 5.32 Å². The Labute approximate surface area is 109 Å². The predicted octanol–water partition coefficient (Wildman–Crippen LogP) is 3.30. The van der Waals surface area contributed by atoms with Gasteiger partial charge in [-0.15, -0.1) is 11.3 Å². The van der Waals surface area contributed by atoms with Gasteiger partial charge in [0, 0.05) is 28.9 Å². The van der Waals surface area contributed by atoms with Crippen LogP contribution in [0.2, 0.25) is 0 Å². The topological polar surface area (TPSA) is 32.3 Å². The Morgan fingerprint density at radius 2 is 2.06 bits per heavy atom. The Kier molecular flexibility index (Phi) is 5.63. The predicted molar refractivity (Wildman–Crippen MR) is 75.6 cm³/mol. The van der Waals surface area contributed by atoms with E-state index in [1.807, 2.05) is 11.3 Å². The molecule has 0 radical (unpaired) electrons. The van der Waals surface area contributed by atoms with Gasteiger partial charge in [-0.3, -0.25) is 0 Å². The van der Waals surface area contributed by atoms with Crippen molar-refractivity contribution in [2.45, 2.75) is 58.5 Å². The molecule has 0 saturated heterocycles. The maximum atomic E-state index is 8.94. The first-order valence-electron chi connectivity index (χ1n) is 6.40. The van der Waals surface area contributed by atoms with Gasteiger partial charge in [0.25, 0.3) is 0 Å². The van der Waals surface area contributed by atoms with E-state index >= 15 is 0 Å². The molecule has 0 saturated carbocycles. The summed E-state index contributed by atoms with van der Waals surface area (Å²) in [7, 11) is 0. The molecule has 0 aromatic carbocycles. The monoisotopic (exact) mass is 255 g/mol.